The Bertz CT molecular complexity index is 1380. The first-order valence-corrected chi connectivity index (χ1v) is 11.3. The quantitative estimate of drug-likeness (QED) is 0.262. The molecule has 0 aliphatic carbocycles. The summed E-state index contributed by atoms with van der Waals surface area (Å²) in [5.41, 5.74) is 1.50. The van der Waals surface area contributed by atoms with Crippen LogP contribution in [0.4, 0.5) is 10.1 Å². The maximum atomic E-state index is 14.9. The minimum absolute atomic E-state index is 0.138. The van der Waals surface area contributed by atoms with Gasteiger partial charge in [-0.1, -0.05) is 35.2 Å². The fraction of sp³-hybridized carbons (Fsp3) is 0.200. The van der Waals surface area contributed by atoms with E-state index in [-0.39, 0.29) is 23.7 Å². The van der Waals surface area contributed by atoms with Crippen LogP contribution in [-0.4, -0.2) is 45.6 Å². The highest BCUT2D eigenvalue weighted by atomic mass is 35.5. The molecule has 3 rings (SSSR count). The van der Waals surface area contributed by atoms with Crippen LogP contribution in [-0.2, 0) is 16.1 Å². The molecular weight excluding hydrogens is 512 g/mol. The van der Waals surface area contributed by atoms with Crippen molar-refractivity contribution in [3.05, 3.63) is 69.6 Å². The summed E-state index contributed by atoms with van der Waals surface area (Å²) < 4.78 is 14.9. The number of nitrogens with zero attached hydrogens (tertiary/aromatic N) is 2. The van der Waals surface area contributed by atoms with Gasteiger partial charge in [-0.25, -0.2) is 14.2 Å². The van der Waals surface area contributed by atoms with Crippen LogP contribution in [0.25, 0.3) is 10.9 Å². The first kappa shape index (κ1) is 26.7. The van der Waals surface area contributed by atoms with Gasteiger partial charge >= 0.3 is 11.9 Å². The lowest BCUT2D eigenvalue weighted by atomic mass is 10.1. The van der Waals surface area contributed by atoms with Gasteiger partial charge in [0.05, 0.1) is 22.6 Å². The third-order valence-corrected chi connectivity index (χ3v) is 5.93. The Morgan fingerprint density at radius 1 is 1.14 bits per heavy atom. The lowest BCUT2D eigenvalue weighted by Crippen LogP contribution is -2.41. The number of aromatic nitrogens is 1. The molecule has 2 aromatic carbocycles. The van der Waals surface area contributed by atoms with E-state index < -0.39 is 36.1 Å². The molecule has 1 heterocycles. The maximum absolute atomic E-state index is 14.9. The number of carbonyl (C=O) groups excluding carboxylic acids is 1. The molecule has 8 nitrogen and oxygen atoms in total. The van der Waals surface area contributed by atoms with E-state index in [1.807, 2.05) is 12.1 Å². The molecule has 0 fully saturated rings. The van der Waals surface area contributed by atoms with Gasteiger partial charge in [0.1, 0.15) is 17.0 Å². The summed E-state index contributed by atoms with van der Waals surface area (Å²) in [4.78, 5) is 40.4. The van der Waals surface area contributed by atoms with Crippen LogP contribution >= 0.6 is 23.2 Å². The average molecular weight is 532 g/mol. The van der Waals surface area contributed by atoms with Crippen molar-refractivity contribution in [2.24, 2.45) is 0 Å². The molecule has 0 radical (unpaired) electrons. The lowest BCUT2D eigenvalue weighted by molar-refractivity contribution is -0.140. The van der Waals surface area contributed by atoms with Gasteiger partial charge < -0.3 is 20.4 Å². The Labute approximate surface area is 215 Å². The summed E-state index contributed by atoms with van der Waals surface area (Å²) in [7, 11) is 0. The second-order valence-corrected chi connectivity index (χ2v) is 8.57. The fourth-order valence-electron chi connectivity index (χ4n) is 3.49. The number of carbonyl (C=O) groups is 3. The Morgan fingerprint density at radius 2 is 1.89 bits per heavy atom. The predicted molar refractivity (Wildman–Crippen MR) is 134 cm³/mol. The third kappa shape index (κ3) is 6.62. The molecular formula is C25H20Cl2FN3O5. The number of carboxylic acid groups (broad SMARTS) is 2. The zero-order chi connectivity index (χ0) is 26.4. The van der Waals surface area contributed by atoms with E-state index in [1.165, 1.54) is 12.1 Å². The smallest absolute Gasteiger partial charge is 0.326 e. The highest BCUT2D eigenvalue weighted by Crippen LogP contribution is 2.27. The van der Waals surface area contributed by atoms with Crippen molar-refractivity contribution in [3.63, 3.8) is 0 Å². The van der Waals surface area contributed by atoms with E-state index in [2.05, 4.69) is 16.2 Å². The number of halogens is 3. The normalized spacial score (nSPS) is 11.5. The molecule has 3 aromatic rings. The Morgan fingerprint density at radius 3 is 2.53 bits per heavy atom. The van der Waals surface area contributed by atoms with E-state index in [4.69, 9.17) is 34.7 Å². The second-order valence-electron chi connectivity index (χ2n) is 7.81. The van der Waals surface area contributed by atoms with Crippen molar-refractivity contribution in [2.45, 2.75) is 25.4 Å². The molecule has 3 N–H and O–H groups in total. The van der Waals surface area contributed by atoms with Gasteiger partial charge in [0.15, 0.2) is 0 Å². The van der Waals surface area contributed by atoms with Gasteiger partial charge in [-0.15, -0.1) is 6.42 Å². The van der Waals surface area contributed by atoms with Crippen LogP contribution in [0.5, 0.6) is 0 Å². The number of aliphatic carboxylic acids is 2. The number of carboxylic acids is 2. The Hall–Kier alpha value is -3.87. The largest absolute Gasteiger partial charge is 0.481 e. The van der Waals surface area contributed by atoms with E-state index in [9.17, 15) is 23.9 Å². The topological polar surface area (TPSA) is 120 Å². The van der Waals surface area contributed by atoms with Crippen LogP contribution in [0, 0.1) is 18.2 Å². The Balaban J connectivity index is 1.81. The van der Waals surface area contributed by atoms with Crippen LogP contribution in [0.2, 0.25) is 10.2 Å². The number of amides is 1. The average Bonchev–Trinajstić information content (AvgIpc) is 2.81. The molecule has 11 heteroatoms. The number of anilines is 1. The van der Waals surface area contributed by atoms with E-state index in [0.29, 0.717) is 22.8 Å². The van der Waals surface area contributed by atoms with Crippen molar-refractivity contribution < 1.29 is 29.0 Å². The molecule has 0 aliphatic heterocycles. The molecule has 0 bridgehead atoms. The minimum atomic E-state index is -1.48. The van der Waals surface area contributed by atoms with Crippen LogP contribution in [0.1, 0.15) is 28.8 Å². The van der Waals surface area contributed by atoms with Crippen LogP contribution in [0.3, 0.4) is 0 Å². The number of rotatable bonds is 10. The van der Waals surface area contributed by atoms with Crippen molar-refractivity contribution in [1.82, 2.24) is 10.3 Å². The second kappa shape index (κ2) is 11.7. The number of pyridine rings is 1. The van der Waals surface area contributed by atoms with Gasteiger partial charge in [-0.2, -0.15) is 0 Å². The highest BCUT2D eigenvalue weighted by molar-refractivity contribution is 6.41. The zero-order valence-corrected chi connectivity index (χ0v) is 20.2. The van der Waals surface area contributed by atoms with Gasteiger partial charge in [0.2, 0.25) is 0 Å². The monoisotopic (exact) mass is 531 g/mol. The molecule has 0 saturated heterocycles. The first-order chi connectivity index (χ1) is 17.1. The molecule has 1 atom stereocenters. The van der Waals surface area contributed by atoms with E-state index in [1.54, 1.807) is 17.0 Å². The zero-order valence-electron chi connectivity index (χ0n) is 18.7. The number of terminal acetylenes is 1. The van der Waals surface area contributed by atoms with Crippen molar-refractivity contribution in [1.29, 1.82) is 0 Å². The molecule has 186 valence electrons. The van der Waals surface area contributed by atoms with Gasteiger partial charge in [-0.05, 0) is 48.4 Å². The highest BCUT2D eigenvalue weighted by Gasteiger charge is 2.23. The number of nitrogens with one attached hydrogen (secondary N) is 1. The molecule has 0 saturated carbocycles. The standard InChI is InChI=1S/C25H20Cl2FN3O5/c1-2-9-31(13-14-3-6-20-15(10-14)11-18(26)23(27)29-20)16-4-5-17(19(28)12-16)24(34)30-21(25(35)36)7-8-22(32)33/h1,3-6,10-12,21H,7-9,13H2,(H,30,34)(H,32,33)(H,35,36)/t21-/m0/s1. The third-order valence-electron chi connectivity index (χ3n) is 5.26. The number of hydrogen-bond donors (Lipinski definition) is 3. The number of hydrogen-bond acceptors (Lipinski definition) is 5. The van der Waals surface area contributed by atoms with Gasteiger partial charge in [0.25, 0.3) is 5.91 Å². The van der Waals surface area contributed by atoms with Crippen LogP contribution in [0.15, 0.2) is 42.5 Å². The van der Waals surface area contributed by atoms with Crippen molar-refractivity contribution in [2.75, 3.05) is 11.4 Å². The molecule has 0 aliphatic rings. The van der Waals surface area contributed by atoms with E-state index >= 15 is 0 Å². The van der Waals surface area contributed by atoms with Crippen molar-refractivity contribution >= 4 is 57.6 Å². The maximum Gasteiger partial charge on any atom is 0.326 e. The predicted octanol–water partition coefficient (Wildman–Crippen LogP) is 4.37. The Kier molecular flexibility index (Phi) is 8.69. The first-order valence-electron chi connectivity index (χ1n) is 10.6. The summed E-state index contributed by atoms with van der Waals surface area (Å²) in [5, 5.41) is 21.4. The van der Waals surface area contributed by atoms with Gasteiger partial charge in [-0.3, -0.25) is 9.59 Å². The molecule has 36 heavy (non-hydrogen) atoms. The number of fused-ring (bicyclic) bond motifs is 1. The minimum Gasteiger partial charge on any atom is -0.481 e. The summed E-state index contributed by atoms with van der Waals surface area (Å²) >= 11 is 12.0. The summed E-state index contributed by atoms with van der Waals surface area (Å²) in [6.45, 7) is 0.445. The summed E-state index contributed by atoms with van der Waals surface area (Å²) in [6.07, 6.45) is 4.70. The lowest BCUT2D eigenvalue weighted by Gasteiger charge is -2.23. The molecule has 1 aromatic heterocycles. The fourth-order valence-corrected chi connectivity index (χ4v) is 3.80. The molecule has 0 unspecified atom stereocenters. The SMILES string of the molecule is C#CCN(Cc1ccc2nc(Cl)c(Cl)cc2c1)c1ccc(C(=O)N[C@@H](CCC(=O)O)C(=O)O)c(F)c1. The molecule has 0 spiro atoms. The summed E-state index contributed by atoms with van der Waals surface area (Å²) in [5.74, 6) is -1.98. The van der Waals surface area contributed by atoms with Gasteiger partial charge in [0, 0.05) is 24.0 Å². The van der Waals surface area contributed by atoms with Crippen LogP contribution < -0.4 is 10.2 Å². The summed E-state index contributed by atoms with van der Waals surface area (Å²) in [6, 6.07) is 9.50. The van der Waals surface area contributed by atoms with E-state index in [0.717, 1.165) is 17.0 Å². The van der Waals surface area contributed by atoms with Crippen molar-refractivity contribution in [3.8, 4) is 12.3 Å². The number of benzene rings is 2. The molecule has 1 amide bonds.